The highest BCUT2D eigenvalue weighted by atomic mass is 19.1. The Hall–Kier alpha value is -4.13. The first-order valence-electron chi connectivity index (χ1n) is 11.2. The average molecular weight is 458 g/mol. The number of nitrogens with zero attached hydrogens (tertiary/aromatic N) is 2. The third-order valence-corrected chi connectivity index (χ3v) is 6.14. The lowest BCUT2D eigenvalue weighted by atomic mass is 10.0. The molecule has 0 saturated carbocycles. The second-order valence-electron chi connectivity index (χ2n) is 8.27. The van der Waals surface area contributed by atoms with Gasteiger partial charge in [0.2, 0.25) is 0 Å². The number of rotatable bonds is 6. The van der Waals surface area contributed by atoms with Crippen LogP contribution >= 0.6 is 0 Å². The van der Waals surface area contributed by atoms with Crippen LogP contribution in [0.5, 0.6) is 5.75 Å². The lowest BCUT2D eigenvalue weighted by Crippen LogP contribution is -2.32. The first kappa shape index (κ1) is 21.7. The van der Waals surface area contributed by atoms with Crippen LogP contribution in [0.2, 0.25) is 0 Å². The number of amides is 2. The number of imide groups is 1. The van der Waals surface area contributed by atoms with Crippen molar-refractivity contribution in [2.45, 2.75) is 12.8 Å². The van der Waals surface area contributed by atoms with Gasteiger partial charge in [0.05, 0.1) is 18.4 Å². The Morgan fingerprint density at radius 2 is 1.56 bits per heavy atom. The molecule has 1 fully saturated rings. The molecule has 3 aromatic carbocycles. The van der Waals surface area contributed by atoms with Crippen molar-refractivity contribution in [3.63, 3.8) is 0 Å². The zero-order valence-corrected chi connectivity index (χ0v) is 18.8. The van der Waals surface area contributed by atoms with Gasteiger partial charge in [-0.1, -0.05) is 18.2 Å². The van der Waals surface area contributed by atoms with Crippen LogP contribution in [-0.4, -0.2) is 32.0 Å². The van der Waals surface area contributed by atoms with E-state index in [-0.39, 0.29) is 11.3 Å². The number of benzene rings is 3. The number of ether oxygens (including phenoxy) is 1. The number of anilines is 3. The van der Waals surface area contributed by atoms with Gasteiger partial charge < -0.3 is 15.0 Å². The van der Waals surface area contributed by atoms with Gasteiger partial charge in [-0.25, -0.2) is 9.29 Å². The lowest BCUT2D eigenvalue weighted by Gasteiger charge is -2.18. The van der Waals surface area contributed by atoms with E-state index in [1.54, 1.807) is 24.3 Å². The Kier molecular flexibility index (Phi) is 5.76. The van der Waals surface area contributed by atoms with Crippen molar-refractivity contribution in [2.24, 2.45) is 0 Å². The van der Waals surface area contributed by atoms with E-state index < -0.39 is 17.6 Å². The number of hydrogen-bond donors (Lipinski definition) is 1. The number of methoxy groups -OCH3 is 1. The largest absolute Gasteiger partial charge is 0.497 e. The van der Waals surface area contributed by atoms with E-state index >= 15 is 0 Å². The van der Waals surface area contributed by atoms with Crippen molar-refractivity contribution in [1.82, 2.24) is 0 Å². The standard InChI is InChI=1S/C27H24FN3O3/c1-34-23-6-4-5-22(17-23)31-26(32)24(18-7-9-19(28)10-8-18)25(27(31)33)29-20-11-13-21(14-12-20)30-15-2-3-16-30/h4-14,17,29H,2-3,15-16H2,1H3. The molecule has 2 aliphatic rings. The molecule has 1 saturated heterocycles. The molecule has 5 rings (SSSR count). The normalized spacial score (nSPS) is 15.9. The zero-order chi connectivity index (χ0) is 23.7. The molecule has 0 spiro atoms. The van der Waals surface area contributed by atoms with E-state index in [2.05, 4.69) is 10.2 Å². The third-order valence-electron chi connectivity index (χ3n) is 6.14. The topological polar surface area (TPSA) is 61.9 Å². The Labute approximate surface area is 197 Å². The van der Waals surface area contributed by atoms with Crippen molar-refractivity contribution in [3.05, 3.63) is 89.9 Å². The molecule has 0 unspecified atom stereocenters. The molecule has 1 N–H and O–H groups in total. The minimum atomic E-state index is -0.485. The van der Waals surface area contributed by atoms with E-state index in [0.29, 0.717) is 22.7 Å². The Morgan fingerprint density at radius 1 is 0.853 bits per heavy atom. The summed E-state index contributed by atoms with van der Waals surface area (Å²) in [7, 11) is 1.52. The zero-order valence-electron chi connectivity index (χ0n) is 18.8. The molecule has 172 valence electrons. The predicted molar refractivity (Wildman–Crippen MR) is 130 cm³/mol. The molecule has 0 radical (unpaired) electrons. The molecule has 34 heavy (non-hydrogen) atoms. The molecule has 2 heterocycles. The van der Waals surface area contributed by atoms with Crippen LogP contribution < -0.4 is 19.9 Å². The van der Waals surface area contributed by atoms with Gasteiger partial charge in [-0.15, -0.1) is 0 Å². The molecular weight excluding hydrogens is 433 g/mol. The summed E-state index contributed by atoms with van der Waals surface area (Å²) in [6.45, 7) is 2.07. The fourth-order valence-corrected chi connectivity index (χ4v) is 4.39. The summed E-state index contributed by atoms with van der Waals surface area (Å²) in [5, 5.41) is 3.15. The van der Waals surface area contributed by atoms with Crippen LogP contribution in [0.25, 0.3) is 5.57 Å². The SMILES string of the molecule is COc1cccc(N2C(=O)C(Nc3ccc(N4CCCC4)cc3)=C(c3ccc(F)cc3)C2=O)c1. The minimum Gasteiger partial charge on any atom is -0.497 e. The molecule has 2 aliphatic heterocycles. The van der Waals surface area contributed by atoms with Gasteiger partial charge >= 0.3 is 0 Å². The molecule has 0 aliphatic carbocycles. The highest BCUT2D eigenvalue weighted by Crippen LogP contribution is 2.35. The quantitative estimate of drug-likeness (QED) is 0.537. The monoisotopic (exact) mass is 457 g/mol. The molecule has 3 aromatic rings. The van der Waals surface area contributed by atoms with E-state index in [0.717, 1.165) is 23.7 Å². The number of nitrogens with one attached hydrogen (secondary N) is 1. The van der Waals surface area contributed by atoms with Gasteiger partial charge in [-0.3, -0.25) is 9.59 Å². The van der Waals surface area contributed by atoms with Crippen molar-refractivity contribution < 1.29 is 18.7 Å². The summed E-state index contributed by atoms with van der Waals surface area (Å²) in [4.78, 5) is 30.4. The molecule has 2 amide bonds. The van der Waals surface area contributed by atoms with Crippen LogP contribution in [0.4, 0.5) is 21.5 Å². The van der Waals surface area contributed by atoms with Gasteiger partial charge in [0, 0.05) is 30.5 Å². The van der Waals surface area contributed by atoms with Crippen LogP contribution in [-0.2, 0) is 9.59 Å². The Morgan fingerprint density at radius 3 is 2.24 bits per heavy atom. The molecule has 0 aromatic heterocycles. The first-order chi connectivity index (χ1) is 16.5. The smallest absolute Gasteiger partial charge is 0.282 e. The number of carbonyl (C=O) groups excluding carboxylic acids is 2. The summed E-state index contributed by atoms with van der Waals surface area (Å²) in [6.07, 6.45) is 2.37. The summed E-state index contributed by atoms with van der Waals surface area (Å²) in [6, 6.07) is 20.1. The van der Waals surface area contributed by atoms with Crippen LogP contribution in [0.1, 0.15) is 18.4 Å². The maximum absolute atomic E-state index is 13.6. The highest BCUT2D eigenvalue weighted by Gasteiger charge is 2.40. The van der Waals surface area contributed by atoms with Gasteiger partial charge in [0.1, 0.15) is 17.3 Å². The minimum absolute atomic E-state index is 0.147. The molecular formula is C27H24FN3O3. The predicted octanol–water partition coefficient (Wildman–Crippen LogP) is 4.83. The molecule has 6 nitrogen and oxygen atoms in total. The fourth-order valence-electron chi connectivity index (χ4n) is 4.39. The van der Waals surface area contributed by atoms with E-state index in [9.17, 15) is 14.0 Å². The van der Waals surface area contributed by atoms with Gasteiger partial charge in [-0.2, -0.15) is 0 Å². The first-order valence-corrected chi connectivity index (χ1v) is 11.2. The Balaban J connectivity index is 1.52. The highest BCUT2D eigenvalue weighted by molar-refractivity contribution is 6.46. The van der Waals surface area contributed by atoms with Crippen LogP contribution in [0, 0.1) is 5.82 Å². The third kappa shape index (κ3) is 4.01. The van der Waals surface area contributed by atoms with E-state index in [1.165, 1.54) is 44.2 Å². The molecule has 0 atom stereocenters. The van der Waals surface area contributed by atoms with Crippen LogP contribution in [0.3, 0.4) is 0 Å². The van der Waals surface area contributed by atoms with Gasteiger partial charge in [-0.05, 0) is 66.9 Å². The average Bonchev–Trinajstić information content (AvgIpc) is 3.48. The van der Waals surface area contributed by atoms with Crippen molar-refractivity contribution in [3.8, 4) is 5.75 Å². The number of halogens is 1. The van der Waals surface area contributed by atoms with Gasteiger partial charge in [0.15, 0.2) is 0 Å². The van der Waals surface area contributed by atoms with E-state index in [4.69, 9.17) is 4.74 Å². The maximum Gasteiger partial charge on any atom is 0.282 e. The summed E-state index contributed by atoms with van der Waals surface area (Å²) in [5.41, 5.74) is 3.01. The summed E-state index contributed by atoms with van der Waals surface area (Å²) >= 11 is 0. The fraction of sp³-hybridized carbons (Fsp3) is 0.185. The molecule has 0 bridgehead atoms. The van der Waals surface area contributed by atoms with Gasteiger partial charge in [0.25, 0.3) is 11.8 Å². The number of carbonyl (C=O) groups is 2. The number of hydrogen-bond acceptors (Lipinski definition) is 5. The molecule has 7 heteroatoms. The van der Waals surface area contributed by atoms with Crippen LogP contribution in [0.15, 0.2) is 78.5 Å². The second-order valence-corrected chi connectivity index (χ2v) is 8.27. The van der Waals surface area contributed by atoms with Crippen molar-refractivity contribution >= 4 is 34.4 Å². The van der Waals surface area contributed by atoms with Crippen molar-refractivity contribution in [1.29, 1.82) is 0 Å². The lowest BCUT2D eigenvalue weighted by molar-refractivity contribution is -0.120. The van der Waals surface area contributed by atoms with Crippen molar-refractivity contribution in [2.75, 3.05) is 35.3 Å². The summed E-state index contributed by atoms with van der Waals surface area (Å²) < 4.78 is 18.8. The Bertz CT molecular complexity index is 1260. The summed E-state index contributed by atoms with van der Waals surface area (Å²) in [5.74, 6) is -0.861. The van der Waals surface area contributed by atoms with E-state index in [1.807, 2.05) is 24.3 Å². The second kappa shape index (κ2) is 9.02. The maximum atomic E-state index is 13.6.